The van der Waals surface area contributed by atoms with Gasteiger partial charge in [0.25, 0.3) is 0 Å². The monoisotopic (exact) mass is 255 g/mol. The summed E-state index contributed by atoms with van der Waals surface area (Å²) in [6.45, 7) is 1.02. The van der Waals surface area contributed by atoms with Crippen molar-refractivity contribution in [2.75, 3.05) is 24.7 Å². The number of aliphatic hydroxyl groups excluding tert-OH is 1. The van der Waals surface area contributed by atoms with Gasteiger partial charge in [-0.25, -0.2) is 0 Å². The fourth-order valence-corrected chi connectivity index (χ4v) is 3.51. The summed E-state index contributed by atoms with van der Waals surface area (Å²) in [5, 5.41) is 11.7. The lowest BCUT2D eigenvalue weighted by atomic mass is 9.93. The first-order valence-electron chi connectivity index (χ1n) is 6.46. The van der Waals surface area contributed by atoms with Crippen LogP contribution in [0.5, 0.6) is 0 Å². The van der Waals surface area contributed by atoms with E-state index in [1.54, 1.807) is 11.8 Å². The van der Waals surface area contributed by atoms with Crippen LogP contribution in [0, 0.1) is 17.8 Å². The summed E-state index contributed by atoms with van der Waals surface area (Å²) in [5.41, 5.74) is 0. The summed E-state index contributed by atoms with van der Waals surface area (Å²) >= 11 is 1.79. The van der Waals surface area contributed by atoms with Crippen molar-refractivity contribution in [1.29, 1.82) is 0 Å². The molecule has 2 N–H and O–H groups in total. The average molecular weight is 255 g/mol. The lowest BCUT2D eigenvalue weighted by molar-refractivity contribution is -0.125. The second-order valence-electron chi connectivity index (χ2n) is 4.87. The molecule has 17 heavy (non-hydrogen) atoms. The quantitative estimate of drug-likeness (QED) is 0.534. The number of fused-ring (bicyclic) bond motifs is 2. The third kappa shape index (κ3) is 3.49. The van der Waals surface area contributed by atoms with Crippen molar-refractivity contribution in [2.45, 2.75) is 19.3 Å². The van der Waals surface area contributed by atoms with E-state index in [-0.39, 0.29) is 18.4 Å². The van der Waals surface area contributed by atoms with Crippen molar-refractivity contribution in [3.05, 3.63) is 12.2 Å². The van der Waals surface area contributed by atoms with Gasteiger partial charge >= 0.3 is 0 Å². The summed E-state index contributed by atoms with van der Waals surface area (Å²) in [4.78, 5) is 11.9. The first kappa shape index (κ1) is 13.0. The summed E-state index contributed by atoms with van der Waals surface area (Å²) in [6, 6.07) is 0. The van der Waals surface area contributed by atoms with Crippen LogP contribution in [0.25, 0.3) is 0 Å². The molecule has 3 atom stereocenters. The molecular formula is C13H21NO2S. The predicted octanol–water partition coefficient (Wildman–Crippen LogP) is 1.43. The second-order valence-corrected chi connectivity index (χ2v) is 6.09. The predicted molar refractivity (Wildman–Crippen MR) is 70.9 cm³/mol. The Morgan fingerprint density at radius 3 is 2.88 bits per heavy atom. The topological polar surface area (TPSA) is 49.3 Å². The molecule has 2 bridgehead atoms. The van der Waals surface area contributed by atoms with E-state index in [2.05, 4.69) is 17.5 Å². The van der Waals surface area contributed by atoms with E-state index in [1.807, 2.05) is 0 Å². The van der Waals surface area contributed by atoms with Crippen LogP contribution in [0.1, 0.15) is 19.3 Å². The number of nitrogens with one attached hydrogen (secondary N) is 1. The molecular weight excluding hydrogens is 234 g/mol. The van der Waals surface area contributed by atoms with Gasteiger partial charge in [-0.3, -0.25) is 4.79 Å². The number of thioether (sulfide) groups is 1. The number of rotatable bonds is 7. The summed E-state index contributed by atoms with van der Waals surface area (Å²) < 4.78 is 0. The molecule has 0 radical (unpaired) electrons. The van der Waals surface area contributed by atoms with Gasteiger partial charge in [0, 0.05) is 24.8 Å². The highest BCUT2D eigenvalue weighted by molar-refractivity contribution is 7.99. The number of aliphatic hydroxyl groups is 1. The van der Waals surface area contributed by atoms with Crippen LogP contribution in [0.15, 0.2) is 12.2 Å². The van der Waals surface area contributed by atoms with Crippen LogP contribution in [0.3, 0.4) is 0 Å². The van der Waals surface area contributed by atoms with Gasteiger partial charge in [-0.15, -0.1) is 0 Å². The van der Waals surface area contributed by atoms with Crippen molar-refractivity contribution in [3.63, 3.8) is 0 Å². The van der Waals surface area contributed by atoms with Crippen molar-refractivity contribution in [1.82, 2.24) is 5.32 Å². The Morgan fingerprint density at radius 2 is 2.24 bits per heavy atom. The van der Waals surface area contributed by atoms with Gasteiger partial charge in [-0.05, 0) is 36.9 Å². The average Bonchev–Trinajstić information content (AvgIpc) is 2.95. The van der Waals surface area contributed by atoms with Gasteiger partial charge in [0.1, 0.15) is 0 Å². The molecule has 3 unspecified atom stereocenters. The van der Waals surface area contributed by atoms with Gasteiger partial charge in [0.15, 0.2) is 0 Å². The second kappa shape index (κ2) is 6.45. The molecule has 0 heterocycles. The number of carbonyl (C=O) groups is 1. The van der Waals surface area contributed by atoms with Crippen molar-refractivity contribution in [3.8, 4) is 0 Å². The van der Waals surface area contributed by atoms with Gasteiger partial charge in [0.2, 0.25) is 5.91 Å². The zero-order valence-electron chi connectivity index (χ0n) is 10.1. The molecule has 0 aromatic rings. The maximum absolute atomic E-state index is 11.9. The SMILES string of the molecule is O=C(NCCSCCCO)C1CC2C=CC1C2. The molecule has 0 aromatic carbocycles. The van der Waals surface area contributed by atoms with E-state index in [0.717, 1.165) is 30.9 Å². The molecule has 1 saturated carbocycles. The number of hydrogen-bond donors (Lipinski definition) is 2. The minimum atomic E-state index is 0.229. The largest absolute Gasteiger partial charge is 0.396 e. The number of amides is 1. The van der Waals surface area contributed by atoms with Crippen molar-refractivity contribution in [2.24, 2.45) is 17.8 Å². The molecule has 1 amide bonds. The molecule has 4 heteroatoms. The highest BCUT2D eigenvalue weighted by Gasteiger charge is 2.39. The highest BCUT2D eigenvalue weighted by atomic mass is 32.2. The third-order valence-corrected chi connectivity index (χ3v) is 4.68. The van der Waals surface area contributed by atoms with E-state index in [0.29, 0.717) is 11.8 Å². The Kier molecular flexibility index (Phi) is 4.92. The third-order valence-electron chi connectivity index (χ3n) is 3.61. The molecule has 2 rings (SSSR count). The minimum absolute atomic E-state index is 0.229. The fraction of sp³-hybridized carbons (Fsp3) is 0.769. The molecule has 2 aliphatic carbocycles. The fourth-order valence-electron chi connectivity index (χ4n) is 2.73. The van der Waals surface area contributed by atoms with Crippen LogP contribution in [0.2, 0.25) is 0 Å². The maximum atomic E-state index is 11.9. The smallest absolute Gasteiger partial charge is 0.223 e. The minimum Gasteiger partial charge on any atom is -0.396 e. The molecule has 0 aliphatic heterocycles. The van der Waals surface area contributed by atoms with Crippen LogP contribution in [0.4, 0.5) is 0 Å². The summed E-state index contributed by atoms with van der Waals surface area (Å²) in [7, 11) is 0. The zero-order chi connectivity index (χ0) is 12.1. The lowest BCUT2D eigenvalue weighted by Crippen LogP contribution is -2.34. The Morgan fingerprint density at radius 1 is 1.35 bits per heavy atom. The van der Waals surface area contributed by atoms with E-state index in [4.69, 9.17) is 5.11 Å². The van der Waals surface area contributed by atoms with Crippen LogP contribution < -0.4 is 5.32 Å². The van der Waals surface area contributed by atoms with E-state index >= 15 is 0 Å². The van der Waals surface area contributed by atoms with Crippen molar-refractivity contribution >= 4 is 17.7 Å². The molecule has 1 fully saturated rings. The Balaban J connectivity index is 1.57. The maximum Gasteiger partial charge on any atom is 0.223 e. The van der Waals surface area contributed by atoms with E-state index in [1.165, 1.54) is 6.42 Å². The Bertz CT molecular complexity index is 293. The lowest BCUT2D eigenvalue weighted by Gasteiger charge is -2.17. The Labute approximate surface area is 107 Å². The van der Waals surface area contributed by atoms with Crippen LogP contribution >= 0.6 is 11.8 Å². The van der Waals surface area contributed by atoms with Crippen LogP contribution in [-0.2, 0) is 4.79 Å². The van der Waals surface area contributed by atoms with Crippen molar-refractivity contribution < 1.29 is 9.90 Å². The number of hydrogen-bond acceptors (Lipinski definition) is 3. The van der Waals surface area contributed by atoms with Gasteiger partial charge in [-0.1, -0.05) is 12.2 Å². The van der Waals surface area contributed by atoms with Gasteiger partial charge < -0.3 is 10.4 Å². The summed E-state index contributed by atoms with van der Waals surface area (Å²) in [6.07, 6.45) is 7.55. The van der Waals surface area contributed by atoms with E-state index < -0.39 is 0 Å². The van der Waals surface area contributed by atoms with Gasteiger partial charge in [0.05, 0.1) is 0 Å². The summed E-state index contributed by atoms with van der Waals surface area (Å²) in [5.74, 6) is 3.56. The zero-order valence-corrected chi connectivity index (χ0v) is 10.9. The highest BCUT2D eigenvalue weighted by Crippen LogP contribution is 2.43. The number of carbonyl (C=O) groups excluding carboxylic acids is 1. The standard InChI is InChI=1S/C13H21NO2S/c15-5-1-6-17-7-4-14-13(16)12-9-10-2-3-11(12)8-10/h2-3,10-12,15H,1,4-9H2,(H,14,16). The Hall–Kier alpha value is -0.480. The molecule has 0 saturated heterocycles. The first-order valence-corrected chi connectivity index (χ1v) is 7.61. The van der Waals surface area contributed by atoms with Gasteiger partial charge in [-0.2, -0.15) is 11.8 Å². The first-order chi connectivity index (χ1) is 8.31. The number of allylic oxidation sites excluding steroid dienone is 2. The molecule has 0 spiro atoms. The molecule has 96 valence electrons. The molecule has 3 nitrogen and oxygen atoms in total. The normalized spacial score (nSPS) is 29.8. The van der Waals surface area contributed by atoms with E-state index in [9.17, 15) is 4.79 Å². The molecule has 0 aromatic heterocycles. The van der Waals surface area contributed by atoms with Crippen LogP contribution in [-0.4, -0.2) is 35.7 Å². The molecule has 2 aliphatic rings.